The van der Waals surface area contributed by atoms with Gasteiger partial charge in [-0.3, -0.25) is 14.4 Å². The standard InChI is InChI=1S/C14H19N3O4/c1-8-9(2)15-16-12(18)11(8)13(19)17-6-4-5-10(7-17)14(20)21-3/h10H,4-7H2,1-3H3,(H,16,18)/t10-/m0/s1. The van der Waals surface area contributed by atoms with Crippen LogP contribution in [0.1, 0.15) is 34.5 Å². The molecular weight excluding hydrogens is 274 g/mol. The molecule has 2 rings (SSSR count). The fourth-order valence-electron chi connectivity index (χ4n) is 2.56. The van der Waals surface area contributed by atoms with Crippen molar-refractivity contribution in [3.63, 3.8) is 0 Å². The van der Waals surface area contributed by atoms with Crippen molar-refractivity contribution in [1.82, 2.24) is 15.1 Å². The van der Waals surface area contributed by atoms with Crippen molar-refractivity contribution in [3.05, 3.63) is 27.2 Å². The molecule has 1 saturated heterocycles. The van der Waals surface area contributed by atoms with Crippen molar-refractivity contribution in [1.29, 1.82) is 0 Å². The lowest BCUT2D eigenvalue weighted by Crippen LogP contribution is -2.44. The zero-order chi connectivity index (χ0) is 15.6. The first-order chi connectivity index (χ1) is 9.95. The molecule has 0 aromatic carbocycles. The summed E-state index contributed by atoms with van der Waals surface area (Å²) < 4.78 is 4.74. The lowest BCUT2D eigenvalue weighted by atomic mass is 9.97. The van der Waals surface area contributed by atoms with Crippen molar-refractivity contribution in [2.75, 3.05) is 20.2 Å². The van der Waals surface area contributed by atoms with Gasteiger partial charge >= 0.3 is 5.97 Å². The number of amides is 1. The van der Waals surface area contributed by atoms with Crippen LogP contribution in [-0.4, -0.2) is 47.2 Å². The Kier molecular flexibility index (Phi) is 4.40. The molecule has 114 valence electrons. The molecule has 1 amide bonds. The molecule has 1 fully saturated rings. The van der Waals surface area contributed by atoms with Crippen molar-refractivity contribution in [2.45, 2.75) is 26.7 Å². The Balaban J connectivity index is 2.26. The Labute approximate surface area is 122 Å². The van der Waals surface area contributed by atoms with Crippen LogP contribution in [0, 0.1) is 19.8 Å². The normalized spacial score (nSPS) is 18.4. The highest BCUT2D eigenvalue weighted by Crippen LogP contribution is 2.20. The number of rotatable bonds is 2. The summed E-state index contributed by atoms with van der Waals surface area (Å²) in [5.41, 5.74) is 0.791. The first-order valence-electron chi connectivity index (χ1n) is 6.88. The summed E-state index contributed by atoms with van der Waals surface area (Å²) in [5.74, 6) is -0.994. The molecule has 7 nitrogen and oxygen atoms in total. The van der Waals surface area contributed by atoms with Crippen molar-refractivity contribution in [2.24, 2.45) is 5.92 Å². The second-order valence-electron chi connectivity index (χ2n) is 5.25. The summed E-state index contributed by atoms with van der Waals surface area (Å²) in [5, 5.41) is 6.17. The molecule has 7 heteroatoms. The minimum Gasteiger partial charge on any atom is -0.469 e. The molecule has 0 saturated carbocycles. The van der Waals surface area contributed by atoms with E-state index < -0.39 is 5.56 Å². The number of aromatic nitrogens is 2. The lowest BCUT2D eigenvalue weighted by molar-refractivity contribution is -0.146. The summed E-state index contributed by atoms with van der Waals surface area (Å²) in [6.07, 6.45) is 1.41. The second-order valence-corrected chi connectivity index (χ2v) is 5.25. The Bertz CT molecular complexity index is 623. The van der Waals surface area contributed by atoms with Crippen molar-refractivity contribution < 1.29 is 14.3 Å². The van der Waals surface area contributed by atoms with Gasteiger partial charge in [-0.1, -0.05) is 0 Å². The molecule has 0 unspecified atom stereocenters. The Hall–Kier alpha value is -2.18. The van der Waals surface area contributed by atoms with Crippen LogP contribution in [0.4, 0.5) is 0 Å². The Morgan fingerprint density at radius 1 is 1.38 bits per heavy atom. The molecule has 1 aromatic rings. The van der Waals surface area contributed by atoms with Gasteiger partial charge in [-0.2, -0.15) is 5.10 Å². The maximum Gasteiger partial charge on any atom is 0.310 e. The van der Waals surface area contributed by atoms with Crippen LogP contribution in [0.15, 0.2) is 4.79 Å². The third kappa shape index (κ3) is 2.96. The molecule has 0 radical (unpaired) electrons. The number of methoxy groups -OCH3 is 1. The predicted molar refractivity (Wildman–Crippen MR) is 75.0 cm³/mol. The van der Waals surface area contributed by atoms with E-state index in [9.17, 15) is 14.4 Å². The first-order valence-corrected chi connectivity index (χ1v) is 6.88. The third-order valence-electron chi connectivity index (χ3n) is 3.93. The number of nitrogens with one attached hydrogen (secondary N) is 1. The molecule has 0 bridgehead atoms. The number of aryl methyl sites for hydroxylation is 1. The fourth-order valence-corrected chi connectivity index (χ4v) is 2.56. The van der Waals surface area contributed by atoms with Crippen LogP contribution in [-0.2, 0) is 9.53 Å². The zero-order valence-corrected chi connectivity index (χ0v) is 12.4. The molecule has 1 aliphatic rings. The summed E-state index contributed by atoms with van der Waals surface area (Å²) >= 11 is 0. The number of carbonyl (C=O) groups excluding carboxylic acids is 2. The van der Waals surface area contributed by atoms with Crippen LogP contribution in [0.5, 0.6) is 0 Å². The number of hydrogen-bond donors (Lipinski definition) is 1. The summed E-state index contributed by atoms with van der Waals surface area (Å²) in [7, 11) is 1.34. The number of piperidine rings is 1. The van der Waals surface area contributed by atoms with Gasteiger partial charge in [-0.05, 0) is 32.3 Å². The highest BCUT2D eigenvalue weighted by atomic mass is 16.5. The van der Waals surface area contributed by atoms with E-state index in [1.54, 1.807) is 18.7 Å². The van der Waals surface area contributed by atoms with Crippen molar-refractivity contribution in [3.8, 4) is 0 Å². The SMILES string of the molecule is COC(=O)[C@H]1CCCN(C(=O)c2c(C)c(C)n[nH]c2=O)C1. The topological polar surface area (TPSA) is 92.4 Å². The van der Waals surface area contributed by atoms with E-state index in [4.69, 9.17) is 4.74 Å². The number of esters is 1. The number of likely N-dealkylation sites (tertiary alicyclic amines) is 1. The molecule has 1 atom stereocenters. The van der Waals surface area contributed by atoms with Gasteiger partial charge in [-0.15, -0.1) is 0 Å². The van der Waals surface area contributed by atoms with E-state index in [0.29, 0.717) is 30.6 Å². The van der Waals surface area contributed by atoms with E-state index in [1.165, 1.54) is 7.11 Å². The Morgan fingerprint density at radius 3 is 2.76 bits per heavy atom. The molecule has 1 N–H and O–H groups in total. The van der Waals surface area contributed by atoms with E-state index >= 15 is 0 Å². The molecule has 0 aliphatic carbocycles. The number of nitrogens with zero attached hydrogens (tertiary/aromatic N) is 2. The average Bonchev–Trinajstić information content (AvgIpc) is 2.50. The quantitative estimate of drug-likeness (QED) is 0.797. The zero-order valence-electron chi connectivity index (χ0n) is 12.4. The highest BCUT2D eigenvalue weighted by molar-refractivity contribution is 5.95. The largest absolute Gasteiger partial charge is 0.469 e. The smallest absolute Gasteiger partial charge is 0.310 e. The first kappa shape index (κ1) is 15.2. The fraction of sp³-hybridized carbons (Fsp3) is 0.571. The van der Waals surface area contributed by atoms with Gasteiger partial charge in [0.05, 0.1) is 18.7 Å². The maximum atomic E-state index is 12.6. The molecule has 21 heavy (non-hydrogen) atoms. The summed E-state index contributed by atoms with van der Waals surface area (Å²) in [6.45, 7) is 4.25. The molecule has 2 heterocycles. The van der Waals surface area contributed by atoms with Crippen LogP contribution in [0.3, 0.4) is 0 Å². The van der Waals surface area contributed by atoms with Crippen LogP contribution < -0.4 is 5.56 Å². The maximum absolute atomic E-state index is 12.6. The number of hydrogen-bond acceptors (Lipinski definition) is 5. The number of aromatic amines is 1. The molecular formula is C14H19N3O4. The van der Waals surface area contributed by atoms with Crippen LogP contribution in [0.2, 0.25) is 0 Å². The molecule has 1 aromatic heterocycles. The van der Waals surface area contributed by atoms with Crippen molar-refractivity contribution >= 4 is 11.9 Å². The van der Waals surface area contributed by atoms with Gasteiger partial charge in [0.2, 0.25) is 0 Å². The lowest BCUT2D eigenvalue weighted by Gasteiger charge is -2.31. The number of ether oxygens (including phenoxy) is 1. The van der Waals surface area contributed by atoms with E-state index in [1.807, 2.05) is 0 Å². The van der Waals surface area contributed by atoms with Crippen LogP contribution >= 0.6 is 0 Å². The number of H-pyrrole nitrogens is 1. The minimum atomic E-state index is -0.497. The van der Waals surface area contributed by atoms with Gasteiger partial charge in [0.1, 0.15) is 5.56 Å². The van der Waals surface area contributed by atoms with Gasteiger partial charge in [0, 0.05) is 13.1 Å². The third-order valence-corrected chi connectivity index (χ3v) is 3.93. The minimum absolute atomic E-state index is 0.105. The van der Waals surface area contributed by atoms with Gasteiger partial charge in [-0.25, -0.2) is 5.10 Å². The van der Waals surface area contributed by atoms with Gasteiger partial charge in [0.15, 0.2) is 0 Å². The van der Waals surface area contributed by atoms with E-state index in [-0.39, 0.29) is 29.9 Å². The molecule has 1 aliphatic heterocycles. The van der Waals surface area contributed by atoms with Gasteiger partial charge in [0.25, 0.3) is 11.5 Å². The summed E-state index contributed by atoms with van der Waals surface area (Å²) in [4.78, 5) is 37.6. The highest BCUT2D eigenvalue weighted by Gasteiger charge is 2.31. The Morgan fingerprint density at radius 2 is 2.10 bits per heavy atom. The van der Waals surface area contributed by atoms with Crippen LogP contribution in [0.25, 0.3) is 0 Å². The average molecular weight is 293 g/mol. The summed E-state index contributed by atoms with van der Waals surface area (Å²) in [6, 6.07) is 0. The monoisotopic (exact) mass is 293 g/mol. The van der Waals surface area contributed by atoms with E-state index in [2.05, 4.69) is 10.2 Å². The molecule has 0 spiro atoms. The van der Waals surface area contributed by atoms with E-state index in [0.717, 1.165) is 0 Å². The predicted octanol–water partition coefficient (Wildman–Crippen LogP) is 0.412. The second kappa shape index (κ2) is 6.07. The number of carbonyl (C=O) groups is 2. The van der Waals surface area contributed by atoms with Gasteiger partial charge < -0.3 is 9.64 Å².